The molecule has 104 valence electrons. The third-order valence-corrected chi connectivity index (χ3v) is 3.43. The number of nitrogens with zero attached hydrogens (tertiary/aromatic N) is 1. The van der Waals surface area contributed by atoms with E-state index in [1.165, 1.54) is 12.0 Å². The third kappa shape index (κ3) is 3.18. The van der Waals surface area contributed by atoms with E-state index in [1.54, 1.807) is 18.2 Å². The standard InChI is InChI=1S/C13H16ClNO4/c1-19-12-3-2-9(14)4-8(12)5-13(18)15-6-10(16)11(17)7-15/h2-4,10-11,16-17H,5-7H2,1H3. The fourth-order valence-corrected chi connectivity index (χ4v) is 2.33. The molecule has 0 aliphatic carbocycles. The number of ether oxygens (including phenoxy) is 1. The van der Waals surface area contributed by atoms with Gasteiger partial charge in [0.1, 0.15) is 5.75 Å². The summed E-state index contributed by atoms with van der Waals surface area (Å²) in [6.45, 7) is 0.311. The van der Waals surface area contributed by atoms with E-state index >= 15 is 0 Å². The molecule has 2 N–H and O–H groups in total. The van der Waals surface area contributed by atoms with E-state index in [0.717, 1.165) is 0 Å². The Labute approximate surface area is 116 Å². The molecule has 1 aliphatic heterocycles. The summed E-state index contributed by atoms with van der Waals surface area (Å²) in [5.41, 5.74) is 0.691. The maximum absolute atomic E-state index is 12.1. The second kappa shape index (κ2) is 5.77. The first kappa shape index (κ1) is 14.1. The van der Waals surface area contributed by atoms with Crippen LogP contribution < -0.4 is 4.74 Å². The van der Waals surface area contributed by atoms with Crippen LogP contribution >= 0.6 is 11.6 Å². The number of hydrogen-bond donors (Lipinski definition) is 2. The van der Waals surface area contributed by atoms with Gasteiger partial charge in [-0.15, -0.1) is 0 Å². The number of aliphatic hydroxyl groups is 2. The summed E-state index contributed by atoms with van der Waals surface area (Å²) in [5, 5.41) is 19.4. The number of halogens is 1. The number of carbonyl (C=O) groups excluding carboxylic acids is 1. The van der Waals surface area contributed by atoms with E-state index in [1.807, 2.05) is 0 Å². The first-order chi connectivity index (χ1) is 9.01. The molecule has 1 heterocycles. The number of carbonyl (C=O) groups is 1. The van der Waals surface area contributed by atoms with Crippen LogP contribution in [0, 0.1) is 0 Å². The highest BCUT2D eigenvalue weighted by atomic mass is 35.5. The van der Waals surface area contributed by atoms with E-state index in [0.29, 0.717) is 16.3 Å². The molecule has 0 bridgehead atoms. The van der Waals surface area contributed by atoms with E-state index in [4.69, 9.17) is 16.3 Å². The fraction of sp³-hybridized carbons (Fsp3) is 0.462. The van der Waals surface area contributed by atoms with Crippen LogP contribution in [-0.2, 0) is 11.2 Å². The van der Waals surface area contributed by atoms with Crippen LogP contribution in [0.5, 0.6) is 5.75 Å². The number of hydrogen-bond acceptors (Lipinski definition) is 4. The first-order valence-corrected chi connectivity index (χ1v) is 6.35. The molecule has 19 heavy (non-hydrogen) atoms. The molecule has 5 nitrogen and oxygen atoms in total. The molecule has 0 radical (unpaired) electrons. The fourth-order valence-electron chi connectivity index (χ4n) is 2.13. The Bertz CT molecular complexity index is 470. The zero-order valence-corrected chi connectivity index (χ0v) is 11.3. The van der Waals surface area contributed by atoms with E-state index in [9.17, 15) is 15.0 Å². The lowest BCUT2D eigenvalue weighted by Gasteiger charge is -2.16. The largest absolute Gasteiger partial charge is 0.496 e. The molecule has 1 fully saturated rings. The van der Waals surface area contributed by atoms with Crippen LogP contribution in [-0.4, -0.2) is 53.4 Å². The highest BCUT2D eigenvalue weighted by molar-refractivity contribution is 6.30. The van der Waals surface area contributed by atoms with Gasteiger partial charge in [0.2, 0.25) is 5.91 Å². The number of likely N-dealkylation sites (tertiary alicyclic amines) is 1. The van der Waals surface area contributed by atoms with Crippen molar-refractivity contribution in [1.82, 2.24) is 4.90 Å². The van der Waals surface area contributed by atoms with Crippen molar-refractivity contribution in [3.8, 4) is 5.75 Å². The zero-order chi connectivity index (χ0) is 14.0. The third-order valence-electron chi connectivity index (χ3n) is 3.20. The smallest absolute Gasteiger partial charge is 0.227 e. The first-order valence-electron chi connectivity index (χ1n) is 5.97. The van der Waals surface area contributed by atoms with Gasteiger partial charge in [0.15, 0.2) is 0 Å². The van der Waals surface area contributed by atoms with E-state index in [2.05, 4.69) is 0 Å². The van der Waals surface area contributed by atoms with Gasteiger partial charge >= 0.3 is 0 Å². The molecule has 1 aliphatic rings. The second-order valence-corrected chi connectivity index (χ2v) is 5.00. The summed E-state index contributed by atoms with van der Waals surface area (Å²) < 4.78 is 5.18. The molecule has 2 rings (SSSR count). The molecule has 1 amide bonds. The lowest BCUT2D eigenvalue weighted by molar-refractivity contribution is -0.130. The molecular formula is C13H16ClNO4. The molecule has 1 aromatic carbocycles. The van der Waals surface area contributed by atoms with Gasteiger partial charge in [0, 0.05) is 23.7 Å². The number of benzene rings is 1. The molecule has 2 unspecified atom stereocenters. The van der Waals surface area contributed by atoms with E-state index < -0.39 is 12.2 Å². The predicted molar refractivity (Wildman–Crippen MR) is 70.3 cm³/mol. The van der Waals surface area contributed by atoms with Crippen molar-refractivity contribution >= 4 is 17.5 Å². The average molecular weight is 286 g/mol. The average Bonchev–Trinajstić information content (AvgIpc) is 2.70. The summed E-state index contributed by atoms with van der Waals surface area (Å²) >= 11 is 5.90. The normalized spacial score (nSPS) is 22.6. The van der Waals surface area contributed by atoms with Gasteiger partial charge in [-0.25, -0.2) is 0 Å². The highest BCUT2D eigenvalue weighted by Crippen LogP contribution is 2.24. The van der Waals surface area contributed by atoms with Crippen LogP contribution in [0.1, 0.15) is 5.56 Å². The lowest BCUT2D eigenvalue weighted by Crippen LogP contribution is -2.31. The molecule has 0 aromatic heterocycles. The summed E-state index contributed by atoms with van der Waals surface area (Å²) in [4.78, 5) is 13.5. The van der Waals surface area contributed by atoms with Crippen molar-refractivity contribution < 1.29 is 19.7 Å². The maximum atomic E-state index is 12.1. The summed E-state index contributed by atoms with van der Waals surface area (Å²) in [6.07, 6.45) is -1.61. The molecule has 2 atom stereocenters. The van der Waals surface area contributed by atoms with Crippen molar-refractivity contribution in [3.05, 3.63) is 28.8 Å². The lowest BCUT2D eigenvalue weighted by atomic mass is 10.1. The SMILES string of the molecule is COc1ccc(Cl)cc1CC(=O)N1CC(O)C(O)C1. The Hall–Kier alpha value is -1.30. The van der Waals surface area contributed by atoms with Gasteiger partial charge in [0.05, 0.1) is 25.7 Å². The van der Waals surface area contributed by atoms with Crippen LogP contribution in [0.2, 0.25) is 5.02 Å². The Balaban J connectivity index is 2.09. The number of aliphatic hydroxyl groups excluding tert-OH is 2. The number of β-amino-alcohol motifs (C(OH)–C–C–N with tert-alkyl or cyclic N) is 2. The van der Waals surface area contributed by atoms with Crippen LogP contribution in [0.3, 0.4) is 0 Å². The van der Waals surface area contributed by atoms with Crippen molar-refractivity contribution in [2.24, 2.45) is 0 Å². The van der Waals surface area contributed by atoms with Gasteiger partial charge in [-0.05, 0) is 18.2 Å². The number of methoxy groups -OCH3 is 1. The number of amides is 1. The minimum absolute atomic E-state index is 0.128. The van der Waals surface area contributed by atoms with Gasteiger partial charge in [-0.2, -0.15) is 0 Å². The Morgan fingerprint density at radius 3 is 2.63 bits per heavy atom. The van der Waals surface area contributed by atoms with Crippen molar-refractivity contribution in [2.75, 3.05) is 20.2 Å². The summed E-state index contributed by atoms with van der Waals surface area (Å²) in [5.74, 6) is 0.425. The van der Waals surface area contributed by atoms with Crippen LogP contribution in [0.25, 0.3) is 0 Å². The minimum atomic E-state index is -0.870. The van der Waals surface area contributed by atoms with Gasteiger partial charge in [0.25, 0.3) is 0 Å². The molecule has 0 spiro atoms. The Morgan fingerprint density at radius 1 is 1.42 bits per heavy atom. The molecule has 1 saturated heterocycles. The summed E-state index contributed by atoms with van der Waals surface area (Å²) in [6, 6.07) is 5.08. The zero-order valence-electron chi connectivity index (χ0n) is 10.5. The Morgan fingerprint density at radius 2 is 2.05 bits per heavy atom. The van der Waals surface area contributed by atoms with Gasteiger partial charge < -0.3 is 19.8 Å². The van der Waals surface area contributed by atoms with E-state index in [-0.39, 0.29) is 25.4 Å². The molecule has 0 saturated carbocycles. The monoisotopic (exact) mass is 285 g/mol. The van der Waals surface area contributed by atoms with Crippen LogP contribution in [0.4, 0.5) is 0 Å². The van der Waals surface area contributed by atoms with Gasteiger partial charge in [-0.3, -0.25) is 4.79 Å². The Kier molecular flexibility index (Phi) is 4.29. The maximum Gasteiger partial charge on any atom is 0.227 e. The predicted octanol–water partition coefficient (Wildman–Crippen LogP) is 0.455. The molecule has 1 aromatic rings. The molecule has 6 heteroatoms. The topological polar surface area (TPSA) is 70.0 Å². The second-order valence-electron chi connectivity index (χ2n) is 4.57. The van der Waals surface area contributed by atoms with Gasteiger partial charge in [-0.1, -0.05) is 11.6 Å². The molecular weight excluding hydrogens is 270 g/mol. The van der Waals surface area contributed by atoms with Crippen molar-refractivity contribution in [1.29, 1.82) is 0 Å². The van der Waals surface area contributed by atoms with Crippen LogP contribution in [0.15, 0.2) is 18.2 Å². The van der Waals surface area contributed by atoms with Crippen molar-refractivity contribution in [2.45, 2.75) is 18.6 Å². The summed E-state index contributed by atoms with van der Waals surface area (Å²) in [7, 11) is 1.53. The minimum Gasteiger partial charge on any atom is -0.496 e. The highest BCUT2D eigenvalue weighted by Gasteiger charge is 2.32. The number of rotatable bonds is 3. The van der Waals surface area contributed by atoms with Crippen molar-refractivity contribution in [3.63, 3.8) is 0 Å². The quantitative estimate of drug-likeness (QED) is 0.846.